The fourth-order valence-electron chi connectivity index (χ4n) is 10.8. The number of hydrogen-bond donors (Lipinski definition) is 0. The van der Waals surface area contributed by atoms with Gasteiger partial charge in [0.2, 0.25) is 0 Å². The normalized spacial score (nSPS) is 12.4. The molecule has 0 fully saturated rings. The van der Waals surface area contributed by atoms with Crippen molar-refractivity contribution in [1.29, 1.82) is 0 Å². The zero-order valence-corrected chi connectivity index (χ0v) is 55.0. The Morgan fingerprint density at radius 3 is 0.683 bits per heavy atom. The van der Waals surface area contributed by atoms with Gasteiger partial charge in [-0.3, -0.25) is 14.4 Å². The van der Waals surface area contributed by atoms with Crippen LogP contribution < -0.4 is 0 Å². The van der Waals surface area contributed by atoms with E-state index in [1.54, 1.807) is 0 Å². The smallest absolute Gasteiger partial charge is 0.306 e. The minimum atomic E-state index is -0.775. The summed E-state index contributed by atoms with van der Waals surface area (Å²) in [5, 5.41) is 0. The molecule has 0 aliphatic rings. The van der Waals surface area contributed by atoms with Gasteiger partial charge in [0.15, 0.2) is 6.10 Å². The molecule has 0 spiro atoms. The molecule has 0 bridgehead atoms. The van der Waals surface area contributed by atoms with Crippen molar-refractivity contribution in [3.8, 4) is 0 Å². The van der Waals surface area contributed by atoms with Crippen LogP contribution in [0.3, 0.4) is 0 Å². The summed E-state index contributed by atoms with van der Waals surface area (Å²) in [5.74, 6) is -0.851. The van der Waals surface area contributed by atoms with E-state index >= 15 is 0 Å². The molecule has 0 rings (SSSR count). The minimum absolute atomic E-state index is 0.0708. The molecule has 0 aliphatic heterocycles. The third-order valence-corrected chi connectivity index (χ3v) is 16.2. The number of carbonyl (C=O) groups excluding carboxylic acids is 3. The van der Waals surface area contributed by atoms with Crippen LogP contribution in [0.4, 0.5) is 0 Å². The van der Waals surface area contributed by atoms with E-state index in [1.165, 1.54) is 270 Å². The molecule has 1 unspecified atom stereocenters. The highest BCUT2D eigenvalue weighted by molar-refractivity contribution is 5.71. The molecule has 0 heterocycles. The molecule has 82 heavy (non-hydrogen) atoms. The van der Waals surface area contributed by atoms with Crippen molar-refractivity contribution in [1.82, 2.24) is 0 Å². The molecule has 6 nitrogen and oxygen atoms in total. The summed E-state index contributed by atoms with van der Waals surface area (Å²) in [4.78, 5) is 38.4. The fraction of sp³-hybridized carbons (Fsp3) is 0.829. The summed E-state index contributed by atoms with van der Waals surface area (Å²) in [6, 6.07) is 0. The van der Waals surface area contributed by atoms with E-state index in [0.29, 0.717) is 19.3 Å². The molecule has 0 saturated carbocycles. The predicted molar refractivity (Wildman–Crippen MR) is 358 cm³/mol. The van der Waals surface area contributed by atoms with E-state index in [0.717, 1.165) is 77.0 Å². The molecule has 0 aromatic heterocycles. The number of allylic oxidation sites excluding steroid dienone is 10. The Bertz CT molecular complexity index is 1460. The summed E-state index contributed by atoms with van der Waals surface area (Å²) in [6.07, 6.45) is 91.1. The standard InChI is InChI=1S/C76H138O6/c1-4-7-10-13-16-19-22-25-27-29-31-33-34-35-36-37-38-39-40-41-42-44-45-47-49-51-54-57-60-63-66-69-75(78)81-72-73(71-80-74(77)68-65-62-59-56-53-24-21-18-15-12-9-6-3)82-76(79)70-67-64-61-58-55-52-50-48-46-43-32-30-28-26-23-20-17-14-11-8-5-2/h22-23,25-26,29-32,34-35,73H,4-21,24,27-28,33,36-72H2,1-3H3/b25-22-,26-23-,31-29-,32-30-,35-34-. The van der Waals surface area contributed by atoms with Crippen molar-refractivity contribution in [3.63, 3.8) is 0 Å². The van der Waals surface area contributed by atoms with Gasteiger partial charge in [-0.1, -0.05) is 338 Å². The van der Waals surface area contributed by atoms with E-state index in [1.807, 2.05) is 0 Å². The number of ether oxygens (including phenoxy) is 3. The van der Waals surface area contributed by atoms with Crippen LogP contribution in [0.15, 0.2) is 60.8 Å². The van der Waals surface area contributed by atoms with Crippen LogP contribution in [-0.4, -0.2) is 37.2 Å². The lowest BCUT2D eigenvalue weighted by molar-refractivity contribution is -0.167. The average Bonchev–Trinajstić information content (AvgIpc) is 3.47. The zero-order valence-electron chi connectivity index (χ0n) is 55.0. The third-order valence-electron chi connectivity index (χ3n) is 16.2. The molecular weight excluding hydrogens is 1010 g/mol. The lowest BCUT2D eigenvalue weighted by Crippen LogP contribution is -2.30. The second-order valence-electron chi connectivity index (χ2n) is 24.5. The fourth-order valence-corrected chi connectivity index (χ4v) is 10.8. The van der Waals surface area contributed by atoms with Crippen molar-refractivity contribution in [2.24, 2.45) is 0 Å². The maximum atomic E-state index is 12.9. The van der Waals surface area contributed by atoms with Crippen LogP contribution in [0, 0.1) is 0 Å². The average molecular weight is 1150 g/mol. The first-order valence-electron chi connectivity index (χ1n) is 36.3. The van der Waals surface area contributed by atoms with Gasteiger partial charge < -0.3 is 14.2 Å². The lowest BCUT2D eigenvalue weighted by atomic mass is 10.0. The number of rotatable bonds is 67. The first kappa shape index (κ1) is 79.1. The SMILES string of the molecule is CCCCCCC/C=C\C/C=C\C/C=C\CCCCCCCCCCCCCCCCCCC(=O)OCC(COC(=O)CCCCCCCCCCCCCC)OC(=O)CCCCCCCCCCC/C=C\C/C=C\CCCCCCC. The van der Waals surface area contributed by atoms with Crippen LogP contribution in [0.1, 0.15) is 387 Å². The van der Waals surface area contributed by atoms with Gasteiger partial charge >= 0.3 is 17.9 Å². The van der Waals surface area contributed by atoms with E-state index in [9.17, 15) is 14.4 Å². The monoisotopic (exact) mass is 1150 g/mol. The van der Waals surface area contributed by atoms with Gasteiger partial charge in [0.25, 0.3) is 0 Å². The summed E-state index contributed by atoms with van der Waals surface area (Å²) >= 11 is 0. The van der Waals surface area contributed by atoms with Gasteiger partial charge in [0, 0.05) is 19.3 Å². The topological polar surface area (TPSA) is 78.9 Å². The van der Waals surface area contributed by atoms with E-state index in [-0.39, 0.29) is 31.1 Å². The summed E-state index contributed by atoms with van der Waals surface area (Å²) in [6.45, 7) is 6.67. The quantitative estimate of drug-likeness (QED) is 0.0261. The Labute approximate surface area is 510 Å². The molecule has 0 N–H and O–H groups in total. The maximum absolute atomic E-state index is 12.9. The largest absolute Gasteiger partial charge is 0.462 e. The number of unbranched alkanes of at least 4 members (excludes halogenated alkanes) is 46. The second kappa shape index (κ2) is 70.6. The molecule has 6 heteroatoms. The molecular formula is C76H138O6. The molecule has 0 saturated heterocycles. The first-order chi connectivity index (χ1) is 40.5. The van der Waals surface area contributed by atoms with Crippen molar-refractivity contribution in [3.05, 3.63) is 60.8 Å². The van der Waals surface area contributed by atoms with Gasteiger partial charge in [-0.05, 0) is 89.9 Å². The third kappa shape index (κ3) is 67.9. The van der Waals surface area contributed by atoms with Gasteiger partial charge in [-0.25, -0.2) is 0 Å². The Hall–Kier alpha value is -2.89. The highest BCUT2D eigenvalue weighted by atomic mass is 16.6. The molecule has 0 aliphatic carbocycles. The molecule has 478 valence electrons. The Kier molecular flexibility index (Phi) is 68.1. The summed E-state index contributed by atoms with van der Waals surface area (Å²) in [7, 11) is 0. The maximum Gasteiger partial charge on any atom is 0.306 e. The summed E-state index contributed by atoms with van der Waals surface area (Å²) < 4.78 is 17.0. The van der Waals surface area contributed by atoms with Gasteiger partial charge in [-0.2, -0.15) is 0 Å². The molecule has 0 amide bonds. The van der Waals surface area contributed by atoms with Crippen LogP contribution in [0.2, 0.25) is 0 Å². The van der Waals surface area contributed by atoms with Crippen molar-refractivity contribution < 1.29 is 28.6 Å². The lowest BCUT2D eigenvalue weighted by Gasteiger charge is -2.18. The van der Waals surface area contributed by atoms with E-state index in [4.69, 9.17) is 14.2 Å². The molecule has 0 aromatic carbocycles. The van der Waals surface area contributed by atoms with Crippen molar-refractivity contribution >= 4 is 17.9 Å². The number of carbonyl (C=O) groups is 3. The van der Waals surface area contributed by atoms with Crippen LogP contribution >= 0.6 is 0 Å². The van der Waals surface area contributed by atoms with E-state index < -0.39 is 6.10 Å². The molecule has 0 radical (unpaired) electrons. The highest BCUT2D eigenvalue weighted by Gasteiger charge is 2.19. The van der Waals surface area contributed by atoms with Gasteiger partial charge in [0.05, 0.1) is 0 Å². The van der Waals surface area contributed by atoms with Crippen LogP contribution in [0.25, 0.3) is 0 Å². The predicted octanol–water partition coefficient (Wildman–Crippen LogP) is 25.1. The zero-order chi connectivity index (χ0) is 59.2. The van der Waals surface area contributed by atoms with Crippen LogP contribution in [0.5, 0.6) is 0 Å². The van der Waals surface area contributed by atoms with Crippen LogP contribution in [-0.2, 0) is 28.6 Å². The van der Waals surface area contributed by atoms with Crippen molar-refractivity contribution in [2.45, 2.75) is 393 Å². The summed E-state index contributed by atoms with van der Waals surface area (Å²) in [5.41, 5.74) is 0. The molecule has 0 aromatic rings. The molecule has 1 atom stereocenters. The second-order valence-corrected chi connectivity index (χ2v) is 24.5. The van der Waals surface area contributed by atoms with Gasteiger partial charge in [0.1, 0.15) is 13.2 Å². The number of hydrogen-bond acceptors (Lipinski definition) is 6. The number of esters is 3. The minimum Gasteiger partial charge on any atom is -0.462 e. The first-order valence-corrected chi connectivity index (χ1v) is 36.3. The Morgan fingerprint density at radius 2 is 0.439 bits per heavy atom. The van der Waals surface area contributed by atoms with Crippen molar-refractivity contribution in [2.75, 3.05) is 13.2 Å². The Balaban J connectivity index is 4.18. The highest BCUT2D eigenvalue weighted by Crippen LogP contribution is 2.18. The van der Waals surface area contributed by atoms with E-state index in [2.05, 4.69) is 81.5 Å². The Morgan fingerprint density at radius 1 is 0.244 bits per heavy atom. The van der Waals surface area contributed by atoms with Gasteiger partial charge in [-0.15, -0.1) is 0 Å².